The molecular formula is C11H11BrN2S. The summed E-state index contributed by atoms with van der Waals surface area (Å²) in [5.74, 6) is 0.828. The van der Waals surface area contributed by atoms with Crippen LogP contribution < -0.4 is 0 Å². The molecule has 0 bridgehead atoms. The largest absolute Gasteiger partial charge is 0.236 e. The number of hydrogen-bond donors (Lipinski definition) is 0. The minimum atomic E-state index is 0.775. The highest BCUT2D eigenvalue weighted by atomic mass is 79.9. The van der Waals surface area contributed by atoms with Gasteiger partial charge in [-0.1, -0.05) is 15.9 Å². The van der Waals surface area contributed by atoms with Crippen molar-refractivity contribution in [3.63, 3.8) is 0 Å². The van der Waals surface area contributed by atoms with Gasteiger partial charge in [-0.15, -0.1) is 0 Å². The summed E-state index contributed by atoms with van der Waals surface area (Å²) >= 11 is 5.12. The molecular weight excluding hydrogens is 272 g/mol. The lowest BCUT2D eigenvalue weighted by Gasteiger charge is -2.04. The van der Waals surface area contributed by atoms with E-state index in [-0.39, 0.29) is 0 Å². The van der Waals surface area contributed by atoms with Gasteiger partial charge in [0.05, 0.1) is 5.69 Å². The molecule has 2 rings (SSSR count). The van der Waals surface area contributed by atoms with Gasteiger partial charge in [-0.2, -0.15) is 11.3 Å². The molecule has 0 fully saturated rings. The molecule has 2 nitrogen and oxygen atoms in total. The summed E-state index contributed by atoms with van der Waals surface area (Å²) in [5, 5.41) is 4.99. The van der Waals surface area contributed by atoms with Crippen LogP contribution in [0.1, 0.15) is 16.8 Å². The second-order valence-electron chi connectivity index (χ2n) is 3.43. The Hall–Kier alpha value is -0.740. The van der Waals surface area contributed by atoms with Crippen LogP contribution in [0.3, 0.4) is 0 Å². The van der Waals surface area contributed by atoms with Gasteiger partial charge in [-0.25, -0.2) is 9.97 Å². The number of halogens is 1. The molecule has 2 aromatic rings. The lowest BCUT2D eigenvalue weighted by molar-refractivity contribution is 1.06. The molecule has 78 valence electrons. The van der Waals surface area contributed by atoms with Gasteiger partial charge in [0.2, 0.25) is 0 Å². The zero-order valence-electron chi connectivity index (χ0n) is 8.62. The van der Waals surface area contributed by atoms with E-state index < -0.39 is 0 Å². The Kier molecular flexibility index (Phi) is 3.17. The molecule has 0 radical (unpaired) electrons. The van der Waals surface area contributed by atoms with Gasteiger partial charge in [0.15, 0.2) is 5.82 Å². The van der Waals surface area contributed by atoms with Crippen molar-refractivity contribution in [3.8, 4) is 11.4 Å². The van der Waals surface area contributed by atoms with Crippen LogP contribution in [0.25, 0.3) is 11.4 Å². The quantitative estimate of drug-likeness (QED) is 0.785. The number of alkyl halides is 1. The Bertz CT molecular complexity index is 479. The van der Waals surface area contributed by atoms with Crippen molar-refractivity contribution in [2.45, 2.75) is 19.2 Å². The Morgan fingerprint density at radius 3 is 2.67 bits per heavy atom. The molecule has 0 aliphatic rings. The summed E-state index contributed by atoms with van der Waals surface area (Å²) < 4.78 is 0. The summed E-state index contributed by atoms with van der Waals surface area (Å²) in [5.41, 5.74) is 4.57. The topological polar surface area (TPSA) is 25.8 Å². The van der Waals surface area contributed by atoms with E-state index in [9.17, 15) is 0 Å². The number of aromatic nitrogens is 2. The van der Waals surface area contributed by atoms with Crippen molar-refractivity contribution < 1.29 is 0 Å². The number of nitrogens with zero attached hydrogens (tertiary/aromatic N) is 2. The predicted octanol–water partition coefficient (Wildman–Crippen LogP) is 3.72. The lowest BCUT2D eigenvalue weighted by Crippen LogP contribution is -1.96. The number of aryl methyl sites for hydroxylation is 2. The smallest absolute Gasteiger partial charge is 0.160 e. The number of rotatable bonds is 2. The van der Waals surface area contributed by atoms with Crippen LogP contribution in [0.4, 0.5) is 0 Å². The molecule has 0 amide bonds. The average Bonchev–Trinajstić information content (AvgIpc) is 2.65. The third-order valence-electron chi connectivity index (χ3n) is 2.30. The van der Waals surface area contributed by atoms with Crippen LogP contribution in [-0.4, -0.2) is 9.97 Å². The average molecular weight is 283 g/mol. The summed E-state index contributed by atoms with van der Waals surface area (Å²) in [4.78, 5) is 8.91. The summed E-state index contributed by atoms with van der Waals surface area (Å²) in [6.45, 7) is 4.11. The molecule has 0 saturated heterocycles. The highest BCUT2D eigenvalue weighted by Gasteiger charge is 2.08. The van der Waals surface area contributed by atoms with Gasteiger partial charge in [0.25, 0.3) is 0 Å². The van der Waals surface area contributed by atoms with Crippen LogP contribution in [-0.2, 0) is 5.33 Å². The second kappa shape index (κ2) is 4.41. The van der Waals surface area contributed by atoms with Gasteiger partial charge < -0.3 is 0 Å². The third kappa shape index (κ3) is 2.11. The first kappa shape index (κ1) is 10.8. The maximum Gasteiger partial charge on any atom is 0.160 e. The predicted molar refractivity (Wildman–Crippen MR) is 67.5 cm³/mol. The van der Waals surface area contributed by atoms with Crippen LogP contribution in [0.5, 0.6) is 0 Å². The fraction of sp³-hybridized carbons (Fsp3) is 0.273. The first-order chi connectivity index (χ1) is 7.22. The number of hydrogen-bond acceptors (Lipinski definition) is 3. The SMILES string of the molecule is Cc1cscc1-c1ncc(C)c(CBr)n1. The molecule has 2 aromatic heterocycles. The lowest BCUT2D eigenvalue weighted by atomic mass is 10.2. The minimum Gasteiger partial charge on any atom is -0.236 e. The maximum absolute atomic E-state index is 4.54. The first-order valence-electron chi connectivity index (χ1n) is 4.64. The van der Waals surface area contributed by atoms with E-state index in [1.165, 1.54) is 5.56 Å². The second-order valence-corrected chi connectivity index (χ2v) is 4.73. The molecule has 0 aromatic carbocycles. The Morgan fingerprint density at radius 1 is 1.27 bits per heavy atom. The Morgan fingerprint density at radius 2 is 2.07 bits per heavy atom. The van der Waals surface area contributed by atoms with E-state index in [0.29, 0.717) is 0 Å². The van der Waals surface area contributed by atoms with E-state index in [4.69, 9.17) is 0 Å². The van der Waals surface area contributed by atoms with Crippen molar-refractivity contribution in [2.75, 3.05) is 0 Å². The molecule has 0 atom stereocenters. The molecule has 4 heteroatoms. The van der Waals surface area contributed by atoms with Crippen LogP contribution in [0.15, 0.2) is 17.0 Å². The van der Waals surface area contributed by atoms with Crippen molar-refractivity contribution in [2.24, 2.45) is 0 Å². The van der Waals surface area contributed by atoms with Gasteiger partial charge in [0.1, 0.15) is 0 Å². The molecule has 0 aliphatic carbocycles. The zero-order chi connectivity index (χ0) is 10.8. The monoisotopic (exact) mass is 282 g/mol. The van der Waals surface area contributed by atoms with Crippen molar-refractivity contribution in [3.05, 3.63) is 33.8 Å². The van der Waals surface area contributed by atoms with E-state index >= 15 is 0 Å². The van der Waals surface area contributed by atoms with Crippen molar-refractivity contribution in [1.29, 1.82) is 0 Å². The maximum atomic E-state index is 4.54. The molecule has 2 heterocycles. The van der Waals surface area contributed by atoms with E-state index in [1.54, 1.807) is 11.3 Å². The normalized spacial score (nSPS) is 10.6. The highest BCUT2D eigenvalue weighted by Crippen LogP contribution is 2.24. The summed E-state index contributed by atoms with van der Waals surface area (Å²) in [6.07, 6.45) is 1.88. The van der Waals surface area contributed by atoms with Gasteiger partial charge >= 0.3 is 0 Å². The van der Waals surface area contributed by atoms with Crippen LogP contribution >= 0.6 is 27.3 Å². The third-order valence-corrected chi connectivity index (χ3v) is 3.69. The fourth-order valence-corrected chi connectivity index (χ4v) is 2.73. The van der Waals surface area contributed by atoms with Crippen LogP contribution in [0.2, 0.25) is 0 Å². The standard InChI is InChI=1S/C11H11BrN2S/c1-7-4-13-11(14-10(7)3-12)9-6-15-5-8(9)2/h4-6H,3H2,1-2H3. The Balaban J connectivity index is 2.51. The summed E-state index contributed by atoms with van der Waals surface area (Å²) in [6, 6.07) is 0. The summed E-state index contributed by atoms with van der Waals surface area (Å²) in [7, 11) is 0. The molecule has 0 aliphatic heterocycles. The van der Waals surface area contributed by atoms with E-state index in [1.807, 2.05) is 13.1 Å². The molecule has 15 heavy (non-hydrogen) atoms. The number of thiophene rings is 1. The van der Waals surface area contributed by atoms with E-state index in [0.717, 1.165) is 28.0 Å². The van der Waals surface area contributed by atoms with Crippen molar-refractivity contribution >= 4 is 27.3 Å². The Labute approximate surface area is 102 Å². The minimum absolute atomic E-state index is 0.775. The van der Waals surface area contributed by atoms with Gasteiger partial charge in [0, 0.05) is 22.5 Å². The van der Waals surface area contributed by atoms with Crippen molar-refractivity contribution in [1.82, 2.24) is 9.97 Å². The first-order valence-corrected chi connectivity index (χ1v) is 6.70. The van der Waals surface area contributed by atoms with Crippen LogP contribution in [0, 0.1) is 13.8 Å². The molecule has 0 N–H and O–H groups in total. The van der Waals surface area contributed by atoms with E-state index in [2.05, 4.69) is 43.6 Å². The fourth-order valence-electron chi connectivity index (χ4n) is 1.33. The molecule has 0 saturated carbocycles. The van der Waals surface area contributed by atoms with Gasteiger partial charge in [-0.3, -0.25) is 0 Å². The zero-order valence-corrected chi connectivity index (χ0v) is 11.0. The van der Waals surface area contributed by atoms with Gasteiger partial charge in [-0.05, 0) is 30.4 Å². The molecule has 0 unspecified atom stereocenters. The highest BCUT2D eigenvalue weighted by molar-refractivity contribution is 9.08. The molecule has 0 spiro atoms.